The second-order valence-corrected chi connectivity index (χ2v) is 6.94. The van der Waals surface area contributed by atoms with Gasteiger partial charge in [0, 0.05) is 44.9 Å². The number of rotatable bonds is 3. The third-order valence-corrected chi connectivity index (χ3v) is 4.96. The number of nitrogens with zero attached hydrogens (tertiary/aromatic N) is 4. The maximum absolute atomic E-state index is 5.77. The summed E-state index contributed by atoms with van der Waals surface area (Å²) in [7, 11) is 1.87. The largest absolute Gasteiger partial charge is 0.381 e. The summed E-state index contributed by atoms with van der Waals surface area (Å²) >= 11 is 0. The quantitative estimate of drug-likeness (QED) is 0.680. The Morgan fingerprint density at radius 1 is 1.43 bits per heavy atom. The molecule has 1 aromatic rings. The summed E-state index contributed by atoms with van der Waals surface area (Å²) in [5.41, 5.74) is 1.54. The smallest absolute Gasteiger partial charge is 0.193 e. The number of aryl methyl sites for hydroxylation is 1. The number of ether oxygens (including phenoxy) is 1. The first-order valence-electron chi connectivity index (χ1n) is 8.73. The minimum atomic E-state index is 0.340. The van der Waals surface area contributed by atoms with Gasteiger partial charge < -0.3 is 15.0 Å². The van der Waals surface area contributed by atoms with Crippen LogP contribution in [0.5, 0.6) is 0 Å². The van der Waals surface area contributed by atoms with E-state index in [-0.39, 0.29) is 0 Å². The number of aromatic nitrogens is 2. The summed E-state index contributed by atoms with van der Waals surface area (Å²) < 4.78 is 7.74. The minimum Gasteiger partial charge on any atom is -0.381 e. The van der Waals surface area contributed by atoms with E-state index in [1.165, 1.54) is 31.2 Å². The molecule has 3 rings (SSSR count). The van der Waals surface area contributed by atoms with Gasteiger partial charge >= 0.3 is 0 Å². The van der Waals surface area contributed by atoms with E-state index < -0.39 is 0 Å². The van der Waals surface area contributed by atoms with Crippen LogP contribution >= 0.6 is 0 Å². The molecule has 0 radical (unpaired) electrons. The van der Waals surface area contributed by atoms with Crippen molar-refractivity contribution in [2.45, 2.75) is 39.2 Å². The van der Waals surface area contributed by atoms with Crippen molar-refractivity contribution in [3.63, 3.8) is 0 Å². The van der Waals surface area contributed by atoms with E-state index >= 15 is 0 Å². The van der Waals surface area contributed by atoms with Crippen LogP contribution in [0.25, 0.3) is 0 Å². The molecule has 128 valence electrons. The van der Waals surface area contributed by atoms with Crippen LogP contribution in [-0.2, 0) is 11.3 Å². The lowest BCUT2D eigenvalue weighted by Gasteiger charge is -2.45. The lowest BCUT2D eigenvalue weighted by molar-refractivity contribution is -0.0370. The van der Waals surface area contributed by atoms with Crippen molar-refractivity contribution < 1.29 is 4.74 Å². The zero-order valence-corrected chi connectivity index (χ0v) is 14.4. The first-order valence-corrected chi connectivity index (χ1v) is 8.73. The second kappa shape index (κ2) is 7.34. The molecule has 1 N–H and O–H groups in total. The molecular formula is C17H29N5O. The highest BCUT2D eigenvalue weighted by Crippen LogP contribution is 2.37. The van der Waals surface area contributed by atoms with Crippen LogP contribution in [0.4, 0.5) is 0 Å². The molecule has 0 aromatic carbocycles. The van der Waals surface area contributed by atoms with Gasteiger partial charge in [-0.05, 0) is 38.2 Å². The van der Waals surface area contributed by atoms with Crippen molar-refractivity contribution in [3.8, 4) is 0 Å². The predicted molar refractivity (Wildman–Crippen MR) is 91.6 cm³/mol. The van der Waals surface area contributed by atoms with Gasteiger partial charge in [0.2, 0.25) is 0 Å². The highest BCUT2D eigenvalue weighted by Gasteiger charge is 2.38. The third kappa shape index (κ3) is 4.05. The Bertz CT molecular complexity index is 527. The Kier molecular flexibility index (Phi) is 5.20. The molecule has 2 fully saturated rings. The number of likely N-dealkylation sites (tertiary alicyclic amines) is 1. The van der Waals surface area contributed by atoms with Gasteiger partial charge in [-0.15, -0.1) is 0 Å². The molecule has 2 saturated heterocycles. The topological polar surface area (TPSA) is 54.7 Å². The van der Waals surface area contributed by atoms with Gasteiger partial charge in [0.15, 0.2) is 5.96 Å². The summed E-state index contributed by atoms with van der Waals surface area (Å²) in [6.07, 6.45) is 8.95. The lowest BCUT2D eigenvalue weighted by Crippen LogP contribution is -2.53. The molecule has 0 saturated carbocycles. The molecular weight excluding hydrogens is 290 g/mol. The molecule has 1 spiro atoms. The predicted octanol–water partition coefficient (Wildman–Crippen LogP) is 1.66. The summed E-state index contributed by atoms with van der Waals surface area (Å²) in [5.74, 6) is 1.01. The van der Waals surface area contributed by atoms with Crippen LogP contribution in [0.2, 0.25) is 0 Å². The molecule has 0 aliphatic carbocycles. The number of hydrogen-bond acceptors (Lipinski definition) is 3. The molecule has 6 heteroatoms. The summed E-state index contributed by atoms with van der Waals surface area (Å²) in [6, 6.07) is 0. The van der Waals surface area contributed by atoms with Gasteiger partial charge in [-0.1, -0.05) is 0 Å². The number of nitrogens with one attached hydrogen (secondary N) is 1. The molecule has 1 aromatic heterocycles. The van der Waals surface area contributed by atoms with E-state index in [0.29, 0.717) is 5.41 Å². The summed E-state index contributed by atoms with van der Waals surface area (Å²) in [5, 5.41) is 7.82. The van der Waals surface area contributed by atoms with E-state index in [4.69, 9.17) is 4.74 Å². The fourth-order valence-electron chi connectivity index (χ4n) is 3.82. The van der Waals surface area contributed by atoms with Crippen LogP contribution in [-0.4, -0.2) is 60.5 Å². The molecule has 23 heavy (non-hydrogen) atoms. The van der Waals surface area contributed by atoms with E-state index in [1.807, 2.05) is 17.9 Å². The second-order valence-electron chi connectivity index (χ2n) is 6.94. The number of aliphatic imine (C=N–C) groups is 1. The Balaban J connectivity index is 1.53. The minimum absolute atomic E-state index is 0.340. The molecule has 1 unspecified atom stereocenters. The SMILES string of the molecule is CN=C(NCCn1cc(C)cn1)N1CCCC2(CCCOC2)C1. The molecule has 1 atom stereocenters. The summed E-state index contributed by atoms with van der Waals surface area (Å²) in [6.45, 7) is 7.75. The Labute approximate surface area is 138 Å². The Hall–Kier alpha value is -1.56. The third-order valence-electron chi connectivity index (χ3n) is 4.96. The van der Waals surface area contributed by atoms with Crippen LogP contribution in [0.3, 0.4) is 0 Å². The average Bonchev–Trinajstić information content (AvgIpc) is 2.98. The standard InChI is InChI=1S/C17H29N5O/c1-15-11-20-22(12-15)9-7-19-16(18-2)21-8-3-5-17(13-21)6-4-10-23-14-17/h11-12H,3-10,13-14H2,1-2H3,(H,18,19). The summed E-state index contributed by atoms with van der Waals surface area (Å²) in [4.78, 5) is 6.90. The first kappa shape index (κ1) is 16.3. The van der Waals surface area contributed by atoms with Gasteiger partial charge in [-0.3, -0.25) is 9.67 Å². The fraction of sp³-hybridized carbons (Fsp3) is 0.765. The number of guanidine groups is 1. The van der Waals surface area contributed by atoms with E-state index in [1.54, 1.807) is 0 Å². The highest BCUT2D eigenvalue weighted by atomic mass is 16.5. The van der Waals surface area contributed by atoms with Crippen LogP contribution in [0.1, 0.15) is 31.2 Å². The van der Waals surface area contributed by atoms with Crippen molar-refractivity contribution >= 4 is 5.96 Å². The van der Waals surface area contributed by atoms with Crippen molar-refractivity contribution in [2.75, 3.05) is 39.9 Å². The molecule has 6 nitrogen and oxygen atoms in total. The zero-order valence-electron chi connectivity index (χ0n) is 14.4. The van der Waals surface area contributed by atoms with Crippen LogP contribution < -0.4 is 5.32 Å². The van der Waals surface area contributed by atoms with Gasteiger partial charge in [0.05, 0.1) is 19.3 Å². The van der Waals surface area contributed by atoms with Gasteiger partial charge in [-0.25, -0.2) is 0 Å². The van der Waals surface area contributed by atoms with Crippen molar-refractivity contribution in [3.05, 3.63) is 18.0 Å². The zero-order chi connectivity index (χ0) is 16.1. The van der Waals surface area contributed by atoms with Gasteiger partial charge in [0.25, 0.3) is 0 Å². The molecule has 2 aliphatic rings. The maximum Gasteiger partial charge on any atom is 0.193 e. The van der Waals surface area contributed by atoms with Crippen LogP contribution in [0, 0.1) is 12.3 Å². The molecule has 0 amide bonds. The van der Waals surface area contributed by atoms with E-state index in [0.717, 1.165) is 45.4 Å². The van der Waals surface area contributed by atoms with E-state index in [2.05, 4.69) is 33.4 Å². The van der Waals surface area contributed by atoms with Crippen molar-refractivity contribution in [1.82, 2.24) is 20.0 Å². The van der Waals surface area contributed by atoms with Crippen molar-refractivity contribution in [2.24, 2.45) is 10.4 Å². The number of hydrogen-bond donors (Lipinski definition) is 1. The Morgan fingerprint density at radius 3 is 3.00 bits per heavy atom. The van der Waals surface area contributed by atoms with Crippen LogP contribution in [0.15, 0.2) is 17.4 Å². The number of piperidine rings is 1. The highest BCUT2D eigenvalue weighted by molar-refractivity contribution is 5.80. The first-order chi connectivity index (χ1) is 11.2. The molecule has 3 heterocycles. The Morgan fingerprint density at radius 2 is 2.30 bits per heavy atom. The normalized spacial score (nSPS) is 25.8. The van der Waals surface area contributed by atoms with Crippen molar-refractivity contribution in [1.29, 1.82) is 0 Å². The van der Waals surface area contributed by atoms with Gasteiger partial charge in [0.1, 0.15) is 0 Å². The lowest BCUT2D eigenvalue weighted by atomic mass is 9.76. The fourth-order valence-corrected chi connectivity index (χ4v) is 3.82. The maximum atomic E-state index is 5.77. The molecule has 0 bridgehead atoms. The van der Waals surface area contributed by atoms with E-state index in [9.17, 15) is 0 Å². The average molecular weight is 319 g/mol. The molecule has 2 aliphatic heterocycles. The monoisotopic (exact) mass is 319 g/mol. The van der Waals surface area contributed by atoms with Gasteiger partial charge in [-0.2, -0.15) is 5.10 Å².